The summed E-state index contributed by atoms with van der Waals surface area (Å²) in [4.78, 5) is 11.5. The molecule has 0 aliphatic heterocycles. The molecule has 1 aliphatic carbocycles. The van der Waals surface area contributed by atoms with E-state index in [1.165, 1.54) is 12.8 Å². The first-order chi connectivity index (χ1) is 7.76. The maximum absolute atomic E-state index is 11.5. The fraction of sp³-hybridized carbons (Fsp3) is 0.917. The molecule has 1 aliphatic rings. The summed E-state index contributed by atoms with van der Waals surface area (Å²) in [5.74, 6) is 0.523. The fourth-order valence-electron chi connectivity index (χ4n) is 1.66. The summed E-state index contributed by atoms with van der Waals surface area (Å²) >= 11 is 0. The van der Waals surface area contributed by atoms with E-state index in [-0.39, 0.29) is 12.5 Å². The summed E-state index contributed by atoms with van der Waals surface area (Å²) in [5, 5.41) is 15.1. The molecular formula is C12H24N2O2. The van der Waals surface area contributed by atoms with Gasteiger partial charge in [-0.1, -0.05) is 13.3 Å². The van der Waals surface area contributed by atoms with Crippen LogP contribution < -0.4 is 10.6 Å². The van der Waals surface area contributed by atoms with Crippen molar-refractivity contribution < 1.29 is 9.90 Å². The van der Waals surface area contributed by atoms with Gasteiger partial charge in [-0.3, -0.25) is 4.79 Å². The molecule has 0 bridgehead atoms. The van der Waals surface area contributed by atoms with Crippen molar-refractivity contribution >= 4 is 5.91 Å². The smallest absolute Gasteiger partial charge is 0.221 e. The SMILES string of the molecule is CCC(CCO)CNC(=O)CCNC1CC1. The van der Waals surface area contributed by atoms with Gasteiger partial charge >= 0.3 is 0 Å². The molecular weight excluding hydrogens is 204 g/mol. The Bertz CT molecular complexity index is 205. The van der Waals surface area contributed by atoms with Crippen LogP contribution in [0.5, 0.6) is 0 Å². The minimum absolute atomic E-state index is 0.115. The first kappa shape index (κ1) is 13.5. The van der Waals surface area contributed by atoms with Crippen molar-refractivity contribution in [1.29, 1.82) is 0 Å². The van der Waals surface area contributed by atoms with Crippen molar-refractivity contribution in [3.63, 3.8) is 0 Å². The Morgan fingerprint density at radius 2 is 2.25 bits per heavy atom. The summed E-state index contributed by atoms with van der Waals surface area (Å²) in [6, 6.07) is 0.672. The van der Waals surface area contributed by atoms with Gasteiger partial charge in [0, 0.05) is 32.2 Å². The number of rotatable bonds is 9. The number of amides is 1. The molecule has 1 atom stereocenters. The van der Waals surface area contributed by atoms with Gasteiger partial charge in [0.1, 0.15) is 0 Å². The molecule has 1 rings (SSSR count). The van der Waals surface area contributed by atoms with Crippen molar-refractivity contribution in [3.8, 4) is 0 Å². The molecule has 0 aromatic heterocycles. The Balaban J connectivity index is 1.98. The summed E-state index contributed by atoms with van der Waals surface area (Å²) in [6.07, 6.45) is 4.86. The highest BCUT2D eigenvalue weighted by Crippen LogP contribution is 2.18. The van der Waals surface area contributed by atoms with Crippen molar-refractivity contribution in [2.75, 3.05) is 19.7 Å². The topological polar surface area (TPSA) is 61.4 Å². The van der Waals surface area contributed by atoms with Crippen LogP contribution in [0.15, 0.2) is 0 Å². The van der Waals surface area contributed by atoms with E-state index in [1.54, 1.807) is 0 Å². The Kier molecular flexibility index (Phi) is 6.42. The van der Waals surface area contributed by atoms with Crippen LogP contribution in [0.2, 0.25) is 0 Å². The van der Waals surface area contributed by atoms with Crippen LogP contribution in [-0.2, 0) is 4.79 Å². The largest absolute Gasteiger partial charge is 0.396 e. The van der Waals surface area contributed by atoms with Crippen molar-refractivity contribution in [2.24, 2.45) is 5.92 Å². The lowest BCUT2D eigenvalue weighted by atomic mass is 10.0. The first-order valence-electron chi connectivity index (χ1n) is 6.37. The molecule has 4 heteroatoms. The minimum atomic E-state index is 0.115. The second-order valence-electron chi connectivity index (χ2n) is 4.57. The van der Waals surface area contributed by atoms with E-state index in [9.17, 15) is 4.79 Å². The summed E-state index contributed by atoms with van der Waals surface area (Å²) in [7, 11) is 0. The van der Waals surface area contributed by atoms with Gasteiger partial charge in [-0.05, 0) is 25.2 Å². The molecule has 16 heavy (non-hydrogen) atoms. The standard InChI is InChI=1S/C12H24N2O2/c1-2-10(6-8-15)9-14-12(16)5-7-13-11-3-4-11/h10-11,13,15H,2-9H2,1H3,(H,14,16). The second-order valence-corrected chi connectivity index (χ2v) is 4.57. The van der Waals surface area contributed by atoms with Crippen molar-refractivity contribution in [1.82, 2.24) is 10.6 Å². The number of carbonyl (C=O) groups is 1. The lowest BCUT2D eigenvalue weighted by Gasteiger charge is -2.14. The summed E-state index contributed by atoms with van der Waals surface area (Å²) < 4.78 is 0. The average molecular weight is 228 g/mol. The second kappa shape index (κ2) is 7.63. The van der Waals surface area contributed by atoms with E-state index in [0.29, 0.717) is 24.9 Å². The lowest BCUT2D eigenvalue weighted by molar-refractivity contribution is -0.121. The van der Waals surface area contributed by atoms with Gasteiger partial charge in [0.05, 0.1) is 0 Å². The molecule has 0 saturated heterocycles. The van der Waals surface area contributed by atoms with E-state index in [4.69, 9.17) is 5.11 Å². The van der Waals surface area contributed by atoms with Crippen LogP contribution in [0.25, 0.3) is 0 Å². The molecule has 1 amide bonds. The molecule has 3 N–H and O–H groups in total. The zero-order valence-corrected chi connectivity index (χ0v) is 10.2. The summed E-state index contributed by atoms with van der Waals surface area (Å²) in [6.45, 7) is 3.77. The number of hydrogen-bond acceptors (Lipinski definition) is 3. The first-order valence-corrected chi connectivity index (χ1v) is 6.37. The predicted octanol–water partition coefficient (Wildman–Crippen LogP) is 0.653. The molecule has 0 radical (unpaired) electrons. The lowest BCUT2D eigenvalue weighted by Crippen LogP contribution is -2.32. The third-order valence-electron chi connectivity index (χ3n) is 3.07. The average Bonchev–Trinajstić information content (AvgIpc) is 3.08. The molecule has 0 spiro atoms. The minimum Gasteiger partial charge on any atom is -0.396 e. The van der Waals surface area contributed by atoms with E-state index in [2.05, 4.69) is 17.6 Å². The van der Waals surface area contributed by atoms with Gasteiger partial charge in [-0.2, -0.15) is 0 Å². The molecule has 0 aromatic carbocycles. The molecule has 1 fully saturated rings. The van der Waals surface area contributed by atoms with Gasteiger partial charge in [0.25, 0.3) is 0 Å². The maximum atomic E-state index is 11.5. The Labute approximate surface area is 97.8 Å². The van der Waals surface area contributed by atoms with Gasteiger partial charge in [0.2, 0.25) is 5.91 Å². The zero-order valence-electron chi connectivity index (χ0n) is 10.2. The van der Waals surface area contributed by atoms with Crippen LogP contribution >= 0.6 is 0 Å². The quantitative estimate of drug-likeness (QED) is 0.543. The number of hydrogen-bond donors (Lipinski definition) is 3. The Morgan fingerprint density at radius 1 is 1.50 bits per heavy atom. The van der Waals surface area contributed by atoms with Gasteiger partial charge in [-0.15, -0.1) is 0 Å². The third-order valence-corrected chi connectivity index (χ3v) is 3.07. The highest BCUT2D eigenvalue weighted by atomic mass is 16.3. The van der Waals surface area contributed by atoms with Crippen LogP contribution in [0.3, 0.4) is 0 Å². The molecule has 94 valence electrons. The maximum Gasteiger partial charge on any atom is 0.221 e. The van der Waals surface area contributed by atoms with Gasteiger partial charge in [0.15, 0.2) is 0 Å². The van der Waals surface area contributed by atoms with Crippen LogP contribution in [-0.4, -0.2) is 36.8 Å². The van der Waals surface area contributed by atoms with Gasteiger partial charge < -0.3 is 15.7 Å². The highest BCUT2D eigenvalue weighted by molar-refractivity contribution is 5.76. The van der Waals surface area contributed by atoms with Crippen molar-refractivity contribution in [2.45, 2.75) is 45.1 Å². The normalized spacial score (nSPS) is 17.1. The highest BCUT2D eigenvalue weighted by Gasteiger charge is 2.20. The van der Waals surface area contributed by atoms with Crippen LogP contribution in [0, 0.1) is 5.92 Å². The molecule has 0 aromatic rings. The predicted molar refractivity (Wildman–Crippen MR) is 64.1 cm³/mol. The molecule has 1 unspecified atom stereocenters. The van der Waals surface area contributed by atoms with Crippen molar-refractivity contribution in [3.05, 3.63) is 0 Å². The number of nitrogens with one attached hydrogen (secondary N) is 2. The monoisotopic (exact) mass is 228 g/mol. The molecule has 0 heterocycles. The van der Waals surface area contributed by atoms with E-state index in [1.807, 2.05) is 0 Å². The van der Waals surface area contributed by atoms with Crippen LogP contribution in [0.4, 0.5) is 0 Å². The van der Waals surface area contributed by atoms with Crippen LogP contribution in [0.1, 0.15) is 39.0 Å². The van der Waals surface area contributed by atoms with E-state index >= 15 is 0 Å². The zero-order chi connectivity index (χ0) is 11.8. The molecule has 1 saturated carbocycles. The summed E-state index contributed by atoms with van der Waals surface area (Å²) in [5.41, 5.74) is 0. The molecule has 4 nitrogen and oxygen atoms in total. The van der Waals surface area contributed by atoms with E-state index < -0.39 is 0 Å². The number of aliphatic hydroxyl groups excluding tert-OH is 1. The fourth-order valence-corrected chi connectivity index (χ4v) is 1.66. The Hall–Kier alpha value is -0.610. The van der Waals surface area contributed by atoms with Gasteiger partial charge in [-0.25, -0.2) is 0 Å². The Morgan fingerprint density at radius 3 is 2.81 bits per heavy atom. The third kappa shape index (κ3) is 6.08. The van der Waals surface area contributed by atoms with E-state index in [0.717, 1.165) is 19.4 Å². The number of aliphatic hydroxyl groups is 1. The number of carbonyl (C=O) groups excluding carboxylic acids is 1.